The molecule has 2 aromatic rings. The molecule has 0 saturated heterocycles. The monoisotopic (exact) mass is 343 g/mol. The van der Waals surface area contributed by atoms with E-state index in [9.17, 15) is 14.4 Å². The van der Waals surface area contributed by atoms with Crippen molar-refractivity contribution in [3.8, 4) is 0 Å². The summed E-state index contributed by atoms with van der Waals surface area (Å²) in [4.78, 5) is 44.3. The highest BCUT2D eigenvalue weighted by atomic mass is 16.4. The molecule has 1 fully saturated rings. The Labute approximate surface area is 144 Å². The number of hydrogen-bond acceptors (Lipinski definition) is 4. The van der Waals surface area contributed by atoms with E-state index in [1.807, 2.05) is 6.07 Å². The van der Waals surface area contributed by atoms with Gasteiger partial charge in [0.1, 0.15) is 11.9 Å². The summed E-state index contributed by atoms with van der Waals surface area (Å²) in [5.74, 6) is -0.595. The molecule has 1 aromatic heterocycles. The van der Waals surface area contributed by atoms with Crippen LogP contribution in [0.4, 0.5) is 0 Å². The minimum absolute atomic E-state index is 0.0530. The number of aromatic amines is 1. The molecule has 132 valence electrons. The molecule has 7 nitrogen and oxygen atoms in total. The largest absolute Gasteiger partial charge is 0.480 e. The van der Waals surface area contributed by atoms with E-state index in [0.717, 1.165) is 12.8 Å². The summed E-state index contributed by atoms with van der Waals surface area (Å²) in [7, 11) is 0. The SMILES string of the molecule is CC(C(=O)O)N(C(=O)CCCc1nc2ccccc2c(=O)[nH]1)C1CC1. The van der Waals surface area contributed by atoms with Crippen molar-refractivity contribution in [2.75, 3.05) is 0 Å². The number of carbonyl (C=O) groups excluding carboxylic acids is 1. The van der Waals surface area contributed by atoms with Gasteiger partial charge in [-0.25, -0.2) is 9.78 Å². The first-order valence-electron chi connectivity index (χ1n) is 8.49. The molecule has 1 saturated carbocycles. The van der Waals surface area contributed by atoms with Crippen LogP contribution in [-0.2, 0) is 16.0 Å². The van der Waals surface area contributed by atoms with E-state index >= 15 is 0 Å². The number of hydrogen-bond donors (Lipinski definition) is 2. The molecular formula is C18H21N3O4. The summed E-state index contributed by atoms with van der Waals surface area (Å²) in [6.07, 6.45) is 2.94. The van der Waals surface area contributed by atoms with Crippen molar-refractivity contribution in [3.05, 3.63) is 40.4 Å². The van der Waals surface area contributed by atoms with Crippen molar-refractivity contribution in [1.82, 2.24) is 14.9 Å². The average Bonchev–Trinajstić information content (AvgIpc) is 3.40. The number of aliphatic carboxylic acids is 1. The van der Waals surface area contributed by atoms with Gasteiger partial charge in [0, 0.05) is 18.9 Å². The Balaban J connectivity index is 1.63. The summed E-state index contributed by atoms with van der Waals surface area (Å²) in [6, 6.07) is 6.35. The molecule has 0 spiro atoms. The van der Waals surface area contributed by atoms with Crippen molar-refractivity contribution < 1.29 is 14.7 Å². The number of rotatable bonds is 7. The molecule has 1 aromatic carbocycles. The van der Waals surface area contributed by atoms with Gasteiger partial charge >= 0.3 is 5.97 Å². The Morgan fingerprint density at radius 2 is 2.08 bits per heavy atom. The first-order valence-corrected chi connectivity index (χ1v) is 8.49. The van der Waals surface area contributed by atoms with Gasteiger partial charge in [0.25, 0.3) is 5.56 Å². The quantitative estimate of drug-likeness (QED) is 0.796. The second kappa shape index (κ2) is 7.04. The number of amides is 1. The number of nitrogens with one attached hydrogen (secondary N) is 1. The lowest BCUT2D eigenvalue weighted by molar-refractivity contribution is -0.150. The van der Waals surface area contributed by atoms with Crippen LogP contribution in [0.2, 0.25) is 0 Å². The Morgan fingerprint density at radius 3 is 2.76 bits per heavy atom. The number of carbonyl (C=O) groups is 2. The molecule has 25 heavy (non-hydrogen) atoms. The van der Waals surface area contributed by atoms with Gasteiger partial charge in [-0.1, -0.05) is 12.1 Å². The van der Waals surface area contributed by atoms with E-state index in [4.69, 9.17) is 5.11 Å². The molecule has 1 aliphatic carbocycles. The molecule has 1 heterocycles. The van der Waals surface area contributed by atoms with Crippen molar-refractivity contribution in [2.24, 2.45) is 0 Å². The molecule has 0 aliphatic heterocycles. The average molecular weight is 343 g/mol. The fourth-order valence-corrected chi connectivity index (χ4v) is 3.00. The van der Waals surface area contributed by atoms with Crippen LogP contribution in [0.3, 0.4) is 0 Å². The lowest BCUT2D eigenvalue weighted by atomic mass is 10.1. The number of aryl methyl sites for hydroxylation is 1. The van der Waals surface area contributed by atoms with Crippen LogP contribution in [0.5, 0.6) is 0 Å². The molecule has 2 N–H and O–H groups in total. The van der Waals surface area contributed by atoms with Crippen LogP contribution < -0.4 is 5.56 Å². The molecule has 1 atom stereocenters. The maximum absolute atomic E-state index is 12.4. The molecule has 0 bridgehead atoms. The van der Waals surface area contributed by atoms with Gasteiger partial charge in [-0.2, -0.15) is 0 Å². The van der Waals surface area contributed by atoms with Crippen molar-refractivity contribution >= 4 is 22.8 Å². The van der Waals surface area contributed by atoms with Crippen molar-refractivity contribution in [2.45, 2.75) is 51.1 Å². The summed E-state index contributed by atoms with van der Waals surface area (Å²) >= 11 is 0. The van der Waals surface area contributed by atoms with Crippen LogP contribution in [0.15, 0.2) is 29.1 Å². The van der Waals surface area contributed by atoms with Gasteiger partial charge in [0.15, 0.2) is 0 Å². The fourth-order valence-electron chi connectivity index (χ4n) is 3.00. The predicted molar refractivity (Wildman–Crippen MR) is 92.3 cm³/mol. The van der Waals surface area contributed by atoms with Gasteiger partial charge in [0.2, 0.25) is 5.91 Å². The number of carboxylic acid groups (broad SMARTS) is 1. The second-order valence-electron chi connectivity index (χ2n) is 6.43. The lowest BCUT2D eigenvalue weighted by Crippen LogP contribution is -2.44. The number of H-pyrrole nitrogens is 1. The number of benzene rings is 1. The molecule has 0 radical (unpaired) electrons. The Hall–Kier alpha value is -2.70. The zero-order valence-electron chi connectivity index (χ0n) is 14.1. The summed E-state index contributed by atoms with van der Waals surface area (Å²) in [5, 5.41) is 9.71. The third-order valence-electron chi connectivity index (χ3n) is 4.47. The zero-order valence-corrected chi connectivity index (χ0v) is 14.1. The van der Waals surface area contributed by atoms with Gasteiger partial charge in [-0.15, -0.1) is 0 Å². The predicted octanol–water partition coefficient (Wildman–Crippen LogP) is 1.71. The number of nitrogens with zero attached hydrogens (tertiary/aromatic N) is 2. The van der Waals surface area contributed by atoms with E-state index in [2.05, 4.69) is 9.97 Å². The number of aromatic nitrogens is 2. The van der Waals surface area contributed by atoms with E-state index in [1.54, 1.807) is 25.1 Å². The van der Waals surface area contributed by atoms with Gasteiger partial charge < -0.3 is 15.0 Å². The van der Waals surface area contributed by atoms with Crippen LogP contribution in [0.1, 0.15) is 38.4 Å². The molecule has 1 amide bonds. The highest BCUT2D eigenvalue weighted by Gasteiger charge is 2.37. The number of para-hydroxylation sites is 1. The Bertz CT molecular complexity index is 857. The van der Waals surface area contributed by atoms with E-state index in [1.165, 1.54) is 4.90 Å². The van der Waals surface area contributed by atoms with Crippen LogP contribution in [0, 0.1) is 0 Å². The Morgan fingerprint density at radius 1 is 1.36 bits per heavy atom. The zero-order chi connectivity index (χ0) is 18.0. The van der Waals surface area contributed by atoms with Crippen molar-refractivity contribution in [3.63, 3.8) is 0 Å². The van der Waals surface area contributed by atoms with E-state index in [-0.39, 0.29) is 23.9 Å². The standard InChI is InChI=1S/C18H21N3O4/c1-11(18(24)25)21(12-9-10-12)16(22)8-4-7-15-19-14-6-3-2-5-13(14)17(23)20-15/h2-3,5-6,11-12H,4,7-10H2,1H3,(H,24,25)(H,19,20,23). The molecular weight excluding hydrogens is 322 g/mol. The number of fused-ring (bicyclic) bond motifs is 1. The Kier molecular flexibility index (Phi) is 4.83. The highest BCUT2D eigenvalue weighted by Crippen LogP contribution is 2.29. The van der Waals surface area contributed by atoms with Gasteiger partial charge in [-0.05, 0) is 38.3 Å². The molecule has 3 rings (SSSR count). The van der Waals surface area contributed by atoms with Crippen molar-refractivity contribution in [1.29, 1.82) is 0 Å². The van der Waals surface area contributed by atoms with Crippen LogP contribution in [-0.4, -0.2) is 43.9 Å². The minimum Gasteiger partial charge on any atom is -0.480 e. The third-order valence-corrected chi connectivity index (χ3v) is 4.47. The van der Waals surface area contributed by atoms with Gasteiger partial charge in [0.05, 0.1) is 10.9 Å². The molecule has 1 unspecified atom stereocenters. The summed E-state index contributed by atoms with van der Waals surface area (Å²) in [5.41, 5.74) is 0.442. The minimum atomic E-state index is -0.985. The normalized spacial score (nSPS) is 15.1. The second-order valence-corrected chi connectivity index (χ2v) is 6.43. The van der Waals surface area contributed by atoms with Gasteiger partial charge in [-0.3, -0.25) is 9.59 Å². The lowest BCUT2D eigenvalue weighted by Gasteiger charge is -2.26. The smallest absolute Gasteiger partial charge is 0.326 e. The van der Waals surface area contributed by atoms with Crippen LogP contribution in [0.25, 0.3) is 10.9 Å². The molecule has 7 heteroatoms. The number of carboxylic acids is 1. The van der Waals surface area contributed by atoms with E-state index in [0.29, 0.717) is 29.6 Å². The highest BCUT2D eigenvalue weighted by molar-refractivity contribution is 5.84. The topological polar surface area (TPSA) is 103 Å². The molecule has 1 aliphatic rings. The third kappa shape index (κ3) is 3.87. The maximum Gasteiger partial charge on any atom is 0.326 e. The first kappa shape index (κ1) is 17.1. The van der Waals surface area contributed by atoms with E-state index < -0.39 is 12.0 Å². The fraction of sp³-hybridized carbons (Fsp3) is 0.444. The maximum atomic E-state index is 12.4. The summed E-state index contributed by atoms with van der Waals surface area (Å²) < 4.78 is 0. The van der Waals surface area contributed by atoms with Crippen LogP contribution >= 0.6 is 0 Å². The summed E-state index contributed by atoms with van der Waals surface area (Å²) in [6.45, 7) is 1.54. The first-order chi connectivity index (χ1) is 12.0.